The second-order valence-corrected chi connectivity index (χ2v) is 9.25. The minimum atomic E-state index is -3.68. The highest BCUT2D eigenvalue weighted by atomic mass is 35.5. The van der Waals surface area contributed by atoms with Crippen LogP contribution in [0.2, 0.25) is 5.02 Å². The fourth-order valence-corrected chi connectivity index (χ4v) is 4.73. The summed E-state index contributed by atoms with van der Waals surface area (Å²) in [6.45, 7) is 4.17. The van der Waals surface area contributed by atoms with Gasteiger partial charge in [0, 0.05) is 31.5 Å². The van der Waals surface area contributed by atoms with E-state index in [4.69, 9.17) is 16.0 Å². The third-order valence-electron chi connectivity index (χ3n) is 4.80. The molecule has 0 aliphatic carbocycles. The van der Waals surface area contributed by atoms with Gasteiger partial charge in [-0.2, -0.15) is 4.31 Å². The van der Waals surface area contributed by atoms with Crippen molar-refractivity contribution in [1.82, 2.24) is 9.29 Å². The van der Waals surface area contributed by atoms with Crippen molar-refractivity contribution in [1.29, 1.82) is 0 Å². The first-order chi connectivity index (χ1) is 15.2. The van der Waals surface area contributed by atoms with Crippen LogP contribution in [0.4, 0.5) is 10.1 Å². The standard InChI is InChI=1S/C22H23ClFN3O4S/c1-3-27(4-2)32(29,30)17-9-10-18(23)19(13-17)26-21(28)11-12-22-25-14-20(31-22)15-5-7-16(24)8-6-15/h5-10,13-14H,3-4,11-12H2,1-2H3,(H,26,28). The van der Waals surface area contributed by atoms with Crippen molar-refractivity contribution in [3.63, 3.8) is 0 Å². The highest BCUT2D eigenvalue weighted by Gasteiger charge is 2.23. The van der Waals surface area contributed by atoms with Crippen molar-refractivity contribution in [3.05, 3.63) is 65.4 Å². The van der Waals surface area contributed by atoms with Crippen molar-refractivity contribution in [2.75, 3.05) is 18.4 Å². The molecule has 0 spiro atoms. The molecule has 170 valence electrons. The second kappa shape index (κ2) is 10.2. The zero-order valence-electron chi connectivity index (χ0n) is 17.6. The van der Waals surface area contributed by atoms with E-state index in [0.717, 1.165) is 0 Å². The van der Waals surface area contributed by atoms with E-state index in [-0.39, 0.29) is 40.2 Å². The Morgan fingerprint density at radius 1 is 1.16 bits per heavy atom. The summed E-state index contributed by atoms with van der Waals surface area (Å²) in [5.74, 6) is 0.102. The topological polar surface area (TPSA) is 92.5 Å². The molecule has 0 atom stereocenters. The van der Waals surface area contributed by atoms with E-state index in [1.54, 1.807) is 26.0 Å². The van der Waals surface area contributed by atoms with E-state index in [1.165, 1.54) is 40.8 Å². The Hall–Kier alpha value is -2.75. The number of aromatic nitrogens is 1. The highest BCUT2D eigenvalue weighted by molar-refractivity contribution is 7.89. The summed E-state index contributed by atoms with van der Waals surface area (Å²) in [6, 6.07) is 10.0. The fourth-order valence-electron chi connectivity index (χ4n) is 3.08. The first-order valence-corrected chi connectivity index (χ1v) is 11.9. The maximum Gasteiger partial charge on any atom is 0.243 e. The quantitative estimate of drug-likeness (QED) is 0.478. The van der Waals surface area contributed by atoms with Crippen LogP contribution in [0.3, 0.4) is 0 Å². The number of benzene rings is 2. The summed E-state index contributed by atoms with van der Waals surface area (Å²) >= 11 is 6.16. The summed E-state index contributed by atoms with van der Waals surface area (Å²) in [4.78, 5) is 16.6. The largest absolute Gasteiger partial charge is 0.441 e. The summed E-state index contributed by atoms with van der Waals surface area (Å²) in [5, 5.41) is 2.88. The summed E-state index contributed by atoms with van der Waals surface area (Å²) in [6.07, 6.45) is 1.79. The van der Waals surface area contributed by atoms with Crippen molar-refractivity contribution < 1.29 is 22.0 Å². The van der Waals surface area contributed by atoms with E-state index in [2.05, 4.69) is 10.3 Å². The molecule has 0 saturated carbocycles. The minimum absolute atomic E-state index is 0.0483. The van der Waals surface area contributed by atoms with Gasteiger partial charge in [-0.05, 0) is 42.5 Å². The molecule has 10 heteroatoms. The van der Waals surface area contributed by atoms with Crippen LogP contribution in [0.1, 0.15) is 26.2 Å². The molecule has 0 unspecified atom stereocenters. The third-order valence-corrected chi connectivity index (χ3v) is 7.18. The molecule has 7 nitrogen and oxygen atoms in total. The Kier molecular flexibility index (Phi) is 7.65. The van der Waals surface area contributed by atoms with Gasteiger partial charge in [0.15, 0.2) is 11.7 Å². The molecular formula is C22H23ClFN3O4S. The molecule has 0 fully saturated rings. The lowest BCUT2D eigenvalue weighted by Gasteiger charge is -2.19. The molecule has 1 heterocycles. The maximum atomic E-state index is 13.1. The summed E-state index contributed by atoms with van der Waals surface area (Å²) in [5.41, 5.74) is 0.886. The van der Waals surface area contributed by atoms with Gasteiger partial charge in [0.05, 0.1) is 21.8 Å². The Balaban J connectivity index is 1.66. The van der Waals surface area contributed by atoms with Gasteiger partial charge in [-0.25, -0.2) is 17.8 Å². The molecule has 32 heavy (non-hydrogen) atoms. The smallest absolute Gasteiger partial charge is 0.243 e. The number of carbonyl (C=O) groups excluding carboxylic acids is 1. The Morgan fingerprint density at radius 2 is 1.84 bits per heavy atom. The number of anilines is 1. The number of nitrogens with one attached hydrogen (secondary N) is 1. The van der Waals surface area contributed by atoms with Crippen LogP contribution in [0, 0.1) is 5.82 Å². The van der Waals surface area contributed by atoms with Gasteiger partial charge in [0.25, 0.3) is 0 Å². The van der Waals surface area contributed by atoms with Gasteiger partial charge < -0.3 is 9.73 Å². The number of oxazole rings is 1. The van der Waals surface area contributed by atoms with Crippen LogP contribution >= 0.6 is 11.6 Å². The maximum absolute atomic E-state index is 13.1. The SMILES string of the molecule is CCN(CC)S(=O)(=O)c1ccc(Cl)c(NC(=O)CCc2ncc(-c3ccc(F)cc3)o2)c1. The number of hydrogen-bond donors (Lipinski definition) is 1. The molecule has 0 saturated heterocycles. The first kappa shape index (κ1) is 23.9. The molecule has 1 aromatic heterocycles. The monoisotopic (exact) mass is 479 g/mol. The van der Waals surface area contributed by atoms with E-state index >= 15 is 0 Å². The second-order valence-electron chi connectivity index (χ2n) is 6.90. The van der Waals surface area contributed by atoms with Crippen LogP contribution in [0.25, 0.3) is 11.3 Å². The van der Waals surface area contributed by atoms with Crippen molar-refractivity contribution in [2.24, 2.45) is 0 Å². The molecule has 0 radical (unpaired) electrons. The van der Waals surface area contributed by atoms with Gasteiger partial charge in [-0.1, -0.05) is 25.4 Å². The zero-order valence-corrected chi connectivity index (χ0v) is 19.2. The Bertz CT molecular complexity index is 1190. The molecule has 3 rings (SSSR count). The van der Waals surface area contributed by atoms with Crippen molar-refractivity contribution >= 4 is 33.2 Å². The van der Waals surface area contributed by atoms with Gasteiger partial charge >= 0.3 is 0 Å². The number of carbonyl (C=O) groups is 1. The lowest BCUT2D eigenvalue weighted by atomic mass is 10.2. The van der Waals surface area contributed by atoms with E-state index in [9.17, 15) is 17.6 Å². The molecule has 0 aliphatic rings. The third kappa shape index (κ3) is 5.53. The average molecular weight is 480 g/mol. The zero-order chi connectivity index (χ0) is 23.3. The van der Waals surface area contributed by atoms with Gasteiger partial charge in [-0.15, -0.1) is 0 Å². The van der Waals surface area contributed by atoms with Gasteiger partial charge in [0.2, 0.25) is 15.9 Å². The number of aryl methyl sites for hydroxylation is 1. The Morgan fingerprint density at radius 3 is 2.50 bits per heavy atom. The minimum Gasteiger partial charge on any atom is -0.441 e. The van der Waals surface area contributed by atoms with E-state index in [1.807, 2.05) is 0 Å². The van der Waals surface area contributed by atoms with Gasteiger partial charge in [0.1, 0.15) is 5.82 Å². The molecule has 1 N–H and O–H groups in total. The van der Waals surface area contributed by atoms with Crippen LogP contribution in [0.5, 0.6) is 0 Å². The van der Waals surface area contributed by atoms with Crippen LogP contribution in [0.15, 0.2) is 58.0 Å². The van der Waals surface area contributed by atoms with Crippen LogP contribution in [-0.4, -0.2) is 36.7 Å². The molecule has 1 amide bonds. The van der Waals surface area contributed by atoms with E-state index in [0.29, 0.717) is 30.3 Å². The predicted octanol–water partition coefficient (Wildman–Crippen LogP) is 4.74. The van der Waals surface area contributed by atoms with Crippen molar-refractivity contribution in [2.45, 2.75) is 31.6 Å². The summed E-state index contributed by atoms with van der Waals surface area (Å²) < 4.78 is 45.4. The Labute approximate surface area is 191 Å². The van der Waals surface area contributed by atoms with Crippen LogP contribution < -0.4 is 5.32 Å². The molecular weight excluding hydrogens is 457 g/mol. The molecule has 3 aromatic rings. The fraction of sp³-hybridized carbons (Fsp3) is 0.273. The first-order valence-electron chi connectivity index (χ1n) is 10.0. The highest BCUT2D eigenvalue weighted by Crippen LogP contribution is 2.27. The number of amides is 1. The number of nitrogens with zero attached hydrogens (tertiary/aromatic N) is 2. The summed E-state index contributed by atoms with van der Waals surface area (Å²) in [7, 11) is -3.68. The lowest BCUT2D eigenvalue weighted by molar-refractivity contribution is -0.116. The lowest BCUT2D eigenvalue weighted by Crippen LogP contribution is -2.30. The van der Waals surface area contributed by atoms with Crippen LogP contribution in [-0.2, 0) is 21.2 Å². The number of hydrogen-bond acceptors (Lipinski definition) is 5. The molecule has 0 bridgehead atoms. The van der Waals surface area contributed by atoms with E-state index < -0.39 is 10.0 Å². The average Bonchev–Trinajstić information content (AvgIpc) is 3.24. The molecule has 2 aromatic carbocycles. The molecule has 0 aliphatic heterocycles. The number of rotatable bonds is 9. The van der Waals surface area contributed by atoms with Gasteiger partial charge in [-0.3, -0.25) is 4.79 Å². The predicted molar refractivity (Wildman–Crippen MR) is 120 cm³/mol. The van der Waals surface area contributed by atoms with Crippen molar-refractivity contribution in [3.8, 4) is 11.3 Å². The number of halogens is 2. The normalized spacial score (nSPS) is 11.7. The number of sulfonamides is 1.